The summed E-state index contributed by atoms with van der Waals surface area (Å²) in [6.45, 7) is 0.901. The fourth-order valence-electron chi connectivity index (χ4n) is 2.08. The second-order valence-electron chi connectivity index (χ2n) is 4.21. The zero-order valence-corrected chi connectivity index (χ0v) is 9.77. The van der Waals surface area contributed by atoms with Gasteiger partial charge in [-0.1, -0.05) is 25.2 Å². The summed E-state index contributed by atoms with van der Waals surface area (Å²) in [5, 5.41) is 9.24. The quantitative estimate of drug-likeness (QED) is 0.601. The zero-order chi connectivity index (χ0) is 12.1. The van der Waals surface area contributed by atoms with Crippen LogP contribution in [-0.2, 0) is 6.54 Å². The van der Waals surface area contributed by atoms with Crippen molar-refractivity contribution in [3.63, 3.8) is 0 Å². The molecule has 0 saturated heterocycles. The first kappa shape index (κ1) is 12.2. The number of aryl methyl sites for hydroxylation is 1. The molecule has 1 aromatic heterocycles. The molecule has 0 aliphatic carbocycles. The van der Waals surface area contributed by atoms with Gasteiger partial charge in [0.05, 0.1) is 5.52 Å². The first-order chi connectivity index (χ1) is 8.33. The Hall–Kier alpha value is -1.29. The number of nitrogens with zero attached hydrogens (tertiary/aromatic N) is 1. The van der Waals surface area contributed by atoms with Gasteiger partial charge in [-0.15, -0.1) is 0 Å². The second kappa shape index (κ2) is 5.87. The average molecular weight is 232 g/mol. The summed E-state index contributed by atoms with van der Waals surface area (Å²) in [7, 11) is 1.21. The standard InChI is InChI=1S/C13H16BFNO/c15-12-5-4-6-13-11(12)7-10-16(13)9-3-1-2-8-14-17/h4-7,10,17H,1-3,8-9H2. The minimum Gasteiger partial charge on any atom is -0.454 e. The Balaban J connectivity index is 1.97. The fourth-order valence-corrected chi connectivity index (χ4v) is 2.08. The molecule has 2 aromatic rings. The van der Waals surface area contributed by atoms with E-state index in [1.165, 1.54) is 13.5 Å². The van der Waals surface area contributed by atoms with Crippen molar-refractivity contribution in [3.05, 3.63) is 36.3 Å². The van der Waals surface area contributed by atoms with E-state index in [4.69, 9.17) is 5.02 Å². The van der Waals surface area contributed by atoms with E-state index in [1.807, 2.05) is 18.3 Å². The maximum absolute atomic E-state index is 13.4. The highest BCUT2D eigenvalue weighted by atomic mass is 19.1. The summed E-state index contributed by atoms with van der Waals surface area (Å²) >= 11 is 0. The third-order valence-corrected chi connectivity index (χ3v) is 2.99. The predicted octanol–water partition coefficient (Wildman–Crippen LogP) is 2.98. The van der Waals surface area contributed by atoms with Gasteiger partial charge in [-0.05, 0) is 24.6 Å². The molecule has 4 heteroatoms. The molecule has 0 bridgehead atoms. The molecule has 0 atom stereocenters. The summed E-state index contributed by atoms with van der Waals surface area (Å²) in [5.74, 6) is -0.156. The monoisotopic (exact) mass is 232 g/mol. The molecule has 1 radical (unpaired) electrons. The smallest absolute Gasteiger partial charge is 0.287 e. The number of aromatic nitrogens is 1. The van der Waals surface area contributed by atoms with Gasteiger partial charge >= 0.3 is 0 Å². The normalized spacial score (nSPS) is 10.9. The van der Waals surface area contributed by atoms with Crippen molar-refractivity contribution in [1.29, 1.82) is 0 Å². The first-order valence-corrected chi connectivity index (χ1v) is 6.02. The molecular formula is C13H16BFNO. The SMILES string of the molecule is O[B]CCCCCn1ccc2c(F)cccc21. The number of halogens is 1. The Bertz CT molecular complexity index is 483. The average Bonchev–Trinajstić information content (AvgIpc) is 2.74. The Kier molecular flexibility index (Phi) is 4.21. The van der Waals surface area contributed by atoms with Gasteiger partial charge in [0.2, 0.25) is 0 Å². The van der Waals surface area contributed by atoms with Crippen LogP contribution in [0.25, 0.3) is 10.9 Å². The maximum atomic E-state index is 13.4. The van der Waals surface area contributed by atoms with E-state index < -0.39 is 0 Å². The zero-order valence-electron chi connectivity index (χ0n) is 9.77. The molecule has 0 aliphatic rings. The topological polar surface area (TPSA) is 25.2 Å². The summed E-state index contributed by atoms with van der Waals surface area (Å²) in [6.07, 6.45) is 5.82. The van der Waals surface area contributed by atoms with E-state index in [2.05, 4.69) is 4.57 Å². The lowest BCUT2D eigenvalue weighted by molar-refractivity contribution is 0.578. The summed E-state index contributed by atoms with van der Waals surface area (Å²) in [6, 6.07) is 7.00. The van der Waals surface area contributed by atoms with Crippen molar-refractivity contribution in [3.8, 4) is 0 Å². The van der Waals surface area contributed by atoms with Gasteiger partial charge < -0.3 is 9.59 Å². The highest BCUT2D eigenvalue weighted by molar-refractivity contribution is 6.25. The summed E-state index contributed by atoms with van der Waals surface area (Å²) in [5.41, 5.74) is 0.957. The highest BCUT2D eigenvalue weighted by Gasteiger charge is 2.04. The van der Waals surface area contributed by atoms with Crippen molar-refractivity contribution >= 4 is 18.4 Å². The number of hydrogen-bond donors (Lipinski definition) is 1. The molecule has 1 heterocycles. The molecule has 17 heavy (non-hydrogen) atoms. The lowest BCUT2D eigenvalue weighted by Crippen LogP contribution is -1.96. The molecule has 0 fully saturated rings. The number of fused-ring (bicyclic) bond motifs is 1. The molecule has 1 aromatic carbocycles. The Labute approximate surface area is 101 Å². The molecule has 2 rings (SSSR count). The Morgan fingerprint density at radius 2 is 2.06 bits per heavy atom. The molecular weight excluding hydrogens is 216 g/mol. The third-order valence-electron chi connectivity index (χ3n) is 2.99. The molecule has 89 valence electrons. The van der Waals surface area contributed by atoms with E-state index >= 15 is 0 Å². The van der Waals surface area contributed by atoms with Crippen molar-refractivity contribution in [2.45, 2.75) is 32.1 Å². The lowest BCUT2D eigenvalue weighted by atomic mass is 9.92. The molecule has 0 amide bonds. The largest absolute Gasteiger partial charge is 0.454 e. The van der Waals surface area contributed by atoms with Crippen LogP contribution in [0.2, 0.25) is 6.32 Å². The van der Waals surface area contributed by atoms with E-state index in [9.17, 15) is 4.39 Å². The van der Waals surface area contributed by atoms with Gasteiger partial charge in [-0.3, -0.25) is 0 Å². The number of unbranched alkanes of at least 4 members (excludes halogenated alkanes) is 2. The van der Waals surface area contributed by atoms with Crippen LogP contribution in [0.15, 0.2) is 30.5 Å². The minimum atomic E-state index is -0.156. The van der Waals surface area contributed by atoms with E-state index in [0.29, 0.717) is 5.39 Å². The van der Waals surface area contributed by atoms with Crippen LogP contribution >= 0.6 is 0 Å². The molecule has 0 saturated carbocycles. The van der Waals surface area contributed by atoms with Gasteiger partial charge in [-0.25, -0.2) is 4.39 Å². The number of rotatable bonds is 6. The van der Waals surface area contributed by atoms with E-state index in [-0.39, 0.29) is 5.82 Å². The van der Waals surface area contributed by atoms with Crippen LogP contribution in [0, 0.1) is 5.82 Å². The molecule has 0 spiro atoms. The number of benzene rings is 1. The minimum absolute atomic E-state index is 0.156. The first-order valence-electron chi connectivity index (χ1n) is 6.02. The molecule has 1 N–H and O–H groups in total. The van der Waals surface area contributed by atoms with Crippen LogP contribution < -0.4 is 0 Å². The predicted molar refractivity (Wildman–Crippen MR) is 68.5 cm³/mol. The van der Waals surface area contributed by atoms with E-state index in [0.717, 1.165) is 37.6 Å². The van der Waals surface area contributed by atoms with E-state index in [1.54, 1.807) is 6.07 Å². The van der Waals surface area contributed by atoms with Crippen molar-refractivity contribution in [1.82, 2.24) is 4.57 Å². The van der Waals surface area contributed by atoms with Crippen LogP contribution in [-0.4, -0.2) is 17.1 Å². The van der Waals surface area contributed by atoms with Gasteiger partial charge in [0, 0.05) is 18.1 Å². The van der Waals surface area contributed by atoms with Crippen molar-refractivity contribution in [2.24, 2.45) is 0 Å². The van der Waals surface area contributed by atoms with Crippen LogP contribution in [0.5, 0.6) is 0 Å². The molecule has 0 unspecified atom stereocenters. The van der Waals surface area contributed by atoms with Crippen molar-refractivity contribution < 1.29 is 9.41 Å². The Morgan fingerprint density at radius 3 is 2.88 bits per heavy atom. The Morgan fingerprint density at radius 1 is 1.18 bits per heavy atom. The van der Waals surface area contributed by atoms with Crippen LogP contribution in [0.3, 0.4) is 0 Å². The summed E-state index contributed by atoms with van der Waals surface area (Å²) in [4.78, 5) is 0. The van der Waals surface area contributed by atoms with Gasteiger partial charge in [0.1, 0.15) is 5.82 Å². The van der Waals surface area contributed by atoms with Gasteiger partial charge in [-0.2, -0.15) is 0 Å². The van der Waals surface area contributed by atoms with Crippen LogP contribution in [0.1, 0.15) is 19.3 Å². The summed E-state index contributed by atoms with van der Waals surface area (Å²) < 4.78 is 15.5. The van der Waals surface area contributed by atoms with Gasteiger partial charge in [0.25, 0.3) is 7.48 Å². The lowest BCUT2D eigenvalue weighted by Gasteiger charge is -2.05. The second-order valence-corrected chi connectivity index (χ2v) is 4.21. The molecule has 0 aliphatic heterocycles. The van der Waals surface area contributed by atoms with Crippen molar-refractivity contribution in [2.75, 3.05) is 0 Å². The fraction of sp³-hybridized carbons (Fsp3) is 0.385. The highest BCUT2D eigenvalue weighted by Crippen LogP contribution is 2.19. The van der Waals surface area contributed by atoms with Crippen LogP contribution in [0.4, 0.5) is 4.39 Å². The number of hydrogen-bond acceptors (Lipinski definition) is 1. The van der Waals surface area contributed by atoms with Gasteiger partial charge in [0.15, 0.2) is 0 Å². The molecule has 2 nitrogen and oxygen atoms in total. The maximum Gasteiger partial charge on any atom is 0.287 e. The third kappa shape index (κ3) is 2.89.